The van der Waals surface area contributed by atoms with Gasteiger partial charge in [-0.1, -0.05) is 37.3 Å². The SMILES string of the molecule is CC[C@@H](CO)N1C(=O)[C@@H]2[C@H](C(=O)NC)[C@]3(C)CCC2(O3)C1C(=O)NCc1ccccc1. The third kappa shape index (κ3) is 3.15. The molecule has 6 atom stereocenters. The molecular weight excluding hydrogens is 398 g/mol. The zero-order valence-corrected chi connectivity index (χ0v) is 18.3. The van der Waals surface area contributed by atoms with E-state index in [1.165, 1.54) is 4.90 Å². The van der Waals surface area contributed by atoms with E-state index in [-0.39, 0.29) is 24.3 Å². The number of aliphatic hydroxyl groups excluding tert-OH is 1. The number of nitrogens with zero attached hydrogens (tertiary/aromatic N) is 1. The number of ether oxygens (including phenoxy) is 1. The number of hydrogen-bond acceptors (Lipinski definition) is 5. The maximum atomic E-state index is 13.7. The fourth-order valence-electron chi connectivity index (χ4n) is 5.91. The largest absolute Gasteiger partial charge is 0.394 e. The minimum absolute atomic E-state index is 0.246. The smallest absolute Gasteiger partial charge is 0.246 e. The van der Waals surface area contributed by atoms with Crippen LogP contribution in [0.4, 0.5) is 0 Å². The fraction of sp³-hybridized carbons (Fsp3) is 0.609. The van der Waals surface area contributed by atoms with Crippen molar-refractivity contribution in [3.63, 3.8) is 0 Å². The monoisotopic (exact) mass is 429 g/mol. The zero-order valence-electron chi connectivity index (χ0n) is 18.3. The summed E-state index contributed by atoms with van der Waals surface area (Å²) < 4.78 is 6.47. The lowest BCUT2D eigenvalue weighted by Crippen LogP contribution is -2.57. The van der Waals surface area contributed by atoms with Crippen molar-refractivity contribution in [3.8, 4) is 0 Å². The maximum Gasteiger partial charge on any atom is 0.246 e. The molecule has 3 N–H and O–H groups in total. The molecule has 3 fully saturated rings. The number of amides is 3. The van der Waals surface area contributed by atoms with Crippen LogP contribution in [0, 0.1) is 11.8 Å². The topological polar surface area (TPSA) is 108 Å². The van der Waals surface area contributed by atoms with Crippen LogP contribution in [0.25, 0.3) is 0 Å². The van der Waals surface area contributed by atoms with Crippen molar-refractivity contribution in [3.05, 3.63) is 35.9 Å². The first-order valence-corrected chi connectivity index (χ1v) is 11.0. The Hall–Kier alpha value is -2.45. The van der Waals surface area contributed by atoms with Crippen molar-refractivity contribution in [1.82, 2.24) is 15.5 Å². The van der Waals surface area contributed by atoms with Crippen molar-refractivity contribution in [2.75, 3.05) is 13.7 Å². The second kappa shape index (κ2) is 7.91. The molecule has 3 aliphatic rings. The lowest BCUT2D eigenvalue weighted by Gasteiger charge is -2.36. The van der Waals surface area contributed by atoms with Gasteiger partial charge in [0.2, 0.25) is 17.7 Å². The second-order valence-electron chi connectivity index (χ2n) is 9.04. The molecule has 2 unspecified atom stereocenters. The van der Waals surface area contributed by atoms with E-state index in [2.05, 4.69) is 10.6 Å². The van der Waals surface area contributed by atoms with E-state index in [9.17, 15) is 19.5 Å². The summed E-state index contributed by atoms with van der Waals surface area (Å²) in [6, 6.07) is 8.14. The van der Waals surface area contributed by atoms with Crippen LogP contribution in [-0.2, 0) is 25.7 Å². The van der Waals surface area contributed by atoms with Gasteiger partial charge < -0.3 is 25.4 Å². The molecule has 168 valence electrons. The molecule has 2 bridgehead atoms. The minimum Gasteiger partial charge on any atom is -0.394 e. The lowest BCUT2D eigenvalue weighted by atomic mass is 9.66. The Balaban J connectivity index is 1.71. The van der Waals surface area contributed by atoms with Gasteiger partial charge in [0.1, 0.15) is 11.6 Å². The molecule has 1 spiro atoms. The van der Waals surface area contributed by atoms with Crippen LogP contribution >= 0.6 is 0 Å². The van der Waals surface area contributed by atoms with E-state index in [4.69, 9.17) is 4.74 Å². The first-order chi connectivity index (χ1) is 14.8. The first kappa shape index (κ1) is 21.8. The molecule has 0 radical (unpaired) electrons. The van der Waals surface area contributed by atoms with Crippen LogP contribution in [0.3, 0.4) is 0 Å². The van der Waals surface area contributed by atoms with Crippen LogP contribution in [0.5, 0.6) is 0 Å². The molecule has 3 amide bonds. The van der Waals surface area contributed by atoms with Crippen LogP contribution in [0.1, 0.15) is 38.7 Å². The maximum absolute atomic E-state index is 13.7. The number of carbonyl (C=O) groups excluding carboxylic acids is 3. The van der Waals surface area contributed by atoms with Gasteiger partial charge in [-0.25, -0.2) is 0 Å². The average Bonchev–Trinajstić information content (AvgIpc) is 3.34. The summed E-state index contributed by atoms with van der Waals surface area (Å²) in [6.07, 6.45) is 1.62. The molecule has 4 rings (SSSR count). The number of aliphatic hydroxyl groups is 1. The van der Waals surface area contributed by atoms with Gasteiger partial charge in [0.15, 0.2) is 0 Å². The summed E-state index contributed by atoms with van der Waals surface area (Å²) in [5.74, 6) is -2.24. The summed E-state index contributed by atoms with van der Waals surface area (Å²) in [7, 11) is 1.55. The van der Waals surface area contributed by atoms with Gasteiger partial charge in [-0.15, -0.1) is 0 Å². The first-order valence-electron chi connectivity index (χ1n) is 11.0. The molecule has 3 aliphatic heterocycles. The van der Waals surface area contributed by atoms with Gasteiger partial charge in [0, 0.05) is 13.6 Å². The van der Waals surface area contributed by atoms with Gasteiger partial charge in [-0.05, 0) is 31.7 Å². The third-order valence-electron chi connectivity index (χ3n) is 7.38. The van der Waals surface area contributed by atoms with E-state index in [0.717, 1.165) is 5.56 Å². The molecule has 3 heterocycles. The summed E-state index contributed by atoms with van der Waals surface area (Å²) in [4.78, 5) is 41.5. The minimum atomic E-state index is -1.06. The Morgan fingerprint density at radius 1 is 1.26 bits per heavy atom. The Labute approximate surface area is 182 Å². The normalized spacial score (nSPS) is 34.5. The Morgan fingerprint density at radius 3 is 2.58 bits per heavy atom. The van der Waals surface area contributed by atoms with Gasteiger partial charge in [0.05, 0.1) is 30.1 Å². The Kier molecular flexibility index (Phi) is 5.55. The Bertz CT molecular complexity index is 873. The van der Waals surface area contributed by atoms with Gasteiger partial charge in [-0.3, -0.25) is 14.4 Å². The highest BCUT2D eigenvalue weighted by molar-refractivity contribution is 5.99. The molecule has 0 saturated carbocycles. The van der Waals surface area contributed by atoms with Crippen LogP contribution in [0.2, 0.25) is 0 Å². The van der Waals surface area contributed by atoms with Crippen LogP contribution < -0.4 is 10.6 Å². The highest BCUT2D eigenvalue weighted by Gasteiger charge is 2.78. The molecule has 3 saturated heterocycles. The number of carbonyl (C=O) groups is 3. The molecule has 1 aromatic rings. The highest BCUT2D eigenvalue weighted by atomic mass is 16.5. The molecule has 31 heavy (non-hydrogen) atoms. The number of hydrogen-bond donors (Lipinski definition) is 3. The van der Waals surface area contributed by atoms with Gasteiger partial charge in [0.25, 0.3) is 0 Å². The molecule has 8 nitrogen and oxygen atoms in total. The van der Waals surface area contributed by atoms with Crippen molar-refractivity contribution in [2.24, 2.45) is 11.8 Å². The van der Waals surface area contributed by atoms with Crippen LogP contribution in [-0.4, -0.2) is 64.7 Å². The molecule has 1 aromatic carbocycles. The fourth-order valence-corrected chi connectivity index (χ4v) is 5.91. The summed E-state index contributed by atoms with van der Waals surface area (Å²) >= 11 is 0. The number of likely N-dealkylation sites (tertiary alicyclic amines) is 1. The standard InChI is InChI=1S/C23H31N3O5/c1-4-15(13-27)26-18(20(29)25-12-14-8-6-5-7-9-14)23-11-10-22(2,31-23)16(19(28)24-3)17(23)21(26)30/h5-9,15-18,27H,4,10-13H2,1-3H3,(H,24,28)(H,25,29)/t15-,16+,17-,18?,22-,23?/m0/s1. The summed E-state index contributed by atoms with van der Waals surface area (Å²) in [5, 5.41) is 15.6. The van der Waals surface area contributed by atoms with Crippen molar-refractivity contribution >= 4 is 17.7 Å². The van der Waals surface area contributed by atoms with E-state index in [0.29, 0.717) is 25.8 Å². The highest BCUT2D eigenvalue weighted by Crippen LogP contribution is 2.63. The lowest BCUT2D eigenvalue weighted by molar-refractivity contribution is -0.149. The van der Waals surface area contributed by atoms with Crippen molar-refractivity contribution in [2.45, 2.75) is 62.9 Å². The molecule has 0 aromatic heterocycles. The number of nitrogens with one attached hydrogen (secondary N) is 2. The quantitative estimate of drug-likeness (QED) is 0.588. The Morgan fingerprint density at radius 2 is 1.97 bits per heavy atom. The predicted octanol–water partition coefficient (Wildman–Crippen LogP) is 0.584. The van der Waals surface area contributed by atoms with E-state index in [1.54, 1.807) is 7.05 Å². The zero-order chi connectivity index (χ0) is 22.4. The van der Waals surface area contributed by atoms with Gasteiger partial charge >= 0.3 is 0 Å². The average molecular weight is 430 g/mol. The van der Waals surface area contributed by atoms with Crippen molar-refractivity contribution < 1.29 is 24.2 Å². The van der Waals surface area contributed by atoms with Crippen LogP contribution in [0.15, 0.2) is 30.3 Å². The molecule has 0 aliphatic carbocycles. The second-order valence-corrected chi connectivity index (χ2v) is 9.04. The summed E-state index contributed by atoms with van der Waals surface area (Å²) in [6.45, 7) is 3.80. The van der Waals surface area contributed by atoms with E-state index >= 15 is 0 Å². The van der Waals surface area contributed by atoms with E-state index < -0.39 is 35.1 Å². The number of fused-ring (bicyclic) bond motifs is 1. The third-order valence-corrected chi connectivity index (χ3v) is 7.38. The summed E-state index contributed by atoms with van der Waals surface area (Å²) in [5.41, 5.74) is -0.903. The van der Waals surface area contributed by atoms with Crippen molar-refractivity contribution in [1.29, 1.82) is 0 Å². The van der Waals surface area contributed by atoms with E-state index in [1.807, 2.05) is 44.2 Å². The number of benzene rings is 1. The number of rotatable bonds is 7. The predicted molar refractivity (Wildman–Crippen MR) is 113 cm³/mol. The molecule has 8 heteroatoms. The van der Waals surface area contributed by atoms with Gasteiger partial charge in [-0.2, -0.15) is 0 Å². The molecular formula is C23H31N3O5.